The van der Waals surface area contributed by atoms with Gasteiger partial charge in [-0.15, -0.1) is 0 Å². The molecule has 3 aliphatic rings. The van der Waals surface area contributed by atoms with Crippen LogP contribution in [0, 0.1) is 5.92 Å². The van der Waals surface area contributed by atoms with Crippen LogP contribution in [0.1, 0.15) is 58.8 Å². The molecular formula is C19H36N4O3S. The quantitative estimate of drug-likeness (QED) is 0.732. The van der Waals surface area contributed by atoms with E-state index in [4.69, 9.17) is 0 Å². The second-order valence-corrected chi connectivity index (χ2v) is 10.4. The zero-order valence-electron chi connectivity index (χ0n) is 16.9. The average molecular weight is 401 g/mol. The minimum Gasteiger partial charge on any atom is -0.355 e. The Morgan fingerprint density at radius 1 is 0.889 bits per heavy atom. The van der Waals surface area contributed by atoms with Crippen LogP contribution in [0.4, 0.5) is 0 Å². The lowest BCUT2D eigenvalue weighted by Gasteiger charge is -2.39. The lowest BCUT2D eigenvalue weighted by Crippen LogP contribution is -2.49. The van der Waals surface area contributed by atoms with E-state index in [9.17, 15) is 13.2 Å². The van der Waals surface area contributed by atoms with Crippen LogP contribution in [-0.4, -0.2) is 79.2 Å². The van der Waals surface area contributed by atoms with E-state index in [1.165, 1.54) is 19.3 Å². The Balaban J connectivity index is 1.41. The smallest absolute Gasteiger partial charge is 0.281 e. The number of hydrogen-bond acceptors (Lipinski definition) is 4. The molecule has 0 spiro atoms. The van der Waals surface area contributed by atoms with Crippen LogP contribution < -0.4 is 5.32 Å². The largest absolute Gasteiger partial charge is 0.355 e. The summed E-state index contributed by atoms with van der Waals surface area (Å²) in [6, 6.07) is 1.18. The third kappa shape index (κ3) is 5.02. The van der Waals surface area contributed by atoms with Crippen molar-refractivity contribution in [1.82, 2.24) is 18.8 Å². The average Bonchev–Trinajstić information content (AvgIpc) is 3.20. The normalized spacial score (nSPS) is 29.9. The van der Waals surface area contributed by atoms with Crippen molar-refractivity contribution >= 4 is 16.1 Å². The maximum absolute atomic E-state index is 12.6. The van der Waals surface area contributed by atoms with Crippen molar-refractivity contribution in [2.75, 3.05) is 39.3 Å². The first-order chi connectivity index (χ1) is 12.9. The van der Waals surface area contributed by atoms with E-state index in [0.29, 0.717) is 57.6 Å². The molecule has 27 heavy (non-hydrogen) atoms. The van der Waals surface area contributed by atoms with Crippen LogP contribution in [0.5, 0.6) is 0 Å². The molecule has 1 N–H and O–H groups in total. The van der Waals surface area contributed by atoms with Crippen molar-refractivity contribution in [3.05, 3.63) is 0 Å². The first kappa shape index (κ1) is 21.0. The topological polar surface area (TPSA) is 73.0 Å². The molecule has 3 rings (SSSR count). The molecule has 0 aromatic heterocycles. The van der Waals surface area contributed by atoms with Crippen molar-refractivity contribution < 1.29 is 13.2 Å². The molecule has 2 unspecified atom stereocenters. The zero-order chi connectivity index (χ0) is 19.4. The van der Waals surface area contributed by atoms with Crippen molar-refractivity contribution in [1.29, 1.82) is 0 Å². The Morgan fingerprint density at radius 2 is 1.44 bits per heavy atom. The van der Waals surface area contributed by atoms with Crippen LogP contribution >= 0.6 is 0 Å². The van der Waals surface area contributed by atoms with E-state index in [1.54, 1.807) is 8.61 Å². The number of carbonyl (C=O) groups is 1. The van der Waals surface area contributed by atoms with Gasteiger partial charge in [0.1, 0.15) is 0 Å². The molecule has 3 heterocycles. The number of amides is 1. The maximum atomic E-state index is 12.6. The van der Waals surface area contributed by atoms with Gasteiger partial charge in [-0.3, -0.25) is 9.69 Å². The van der Waals surface area contributed by atoms with Crippen LogP contribution in [-0.2, 0) is 15.0 Å². The van der Waals surface area contributed by atoms with Crippen molar-refractivity contribution in [2.45, 2.75) is 70.9 Å². The van der Waals surface area contributed by atoms with Crippen LogP contribution in [0.25, 0.3) is 0 Å². The summed E-state index contributed by atoms with van der Waals surface area (Å²) in [5, 5.41) is 3.09. The van der Waals surface area contributed by atoms with Crippen molar-refractivity contribution in [2.24, 2.45) is 5.92 Å². The Bertz CT molecular complexity index is 588. The van der Waals surface area contributed by atoms with E-state index in [-0.39, 0.29) is 11.8 Å². The highest BCUT2D eigenvalue weighted by Gasteiger charge is 2.35. The zero-order valence-corrected chi connectivity index (χ0v) is 17.7. The summed E-state index contributed by atoms with van der Waals surface area (Å²) in [6.07, 6.45) is 6.91. The minimum atomic E-state index is -3.33. The molecule has 7 nitrogen and oxygen atoms in total. The summed E-state index contributed by atoms with van der Waals surface area (Å²) in [5.41, 5.74) is 0. The number of hydrogen-bond donors (Lipinski definition) is 1. The highest BCUT2D eigenvalue weighted by atomic mass is 32.2. The van der Waals surface area contributed by atoms with Gasteiger partial charge in [0.15, 0.2) is 0 Å². The number of rotatable bonds is 6. The molecule has 0 aromatic carbocycles. The van der Waals surface area contributed by atoms with Gasteiger partial charge in [-0.05, 0) is 52.4 Å². The van der Waals surface area contributed by atoms with Gasteiger partial charge < -0.3 is 5.32 Å². The summed E-state index contributed by atoms with van der Waals surface area (Å²) in [4.78, 5) is 15.0. The SMILES string of the molecule is CC1CCCC(C)N1CCNC(=O)C1CCN(S(=O)(=O)N2CCCC2)CC1. The standard InChI is InChI=1S/C19H36N4O3S/c1-16-6-5-7-17(2)23(16)15-10-20-19(24)18-8-13-22(14-9-18)27(25,26)21-11-3-4-12-21/h16-18H,3-15H2,1-2H3,(H,20,24). The van der Waals surface area contributed by atoms with Gasteiger partial charge in [0.2, 0.25) is 5.91 Å². The number of likely N-dealkylation sites (tertiary alicyclic amines) is 1. The third-order valence-electron chi connectivity index (χ3n) is 6.59. The molecule has 0 bridgehead atoms. The minimum absolute atomic E-state index is 0.0637. The summed E-state index contributed by atoms with van der Waals surface area (Å²) < 4.78 is 28.4. The molecule has 3 aliphatic heterocycles. The predicted molar refractivity (Wildman–Crippen MR) is 107 cm³/mol. The number of nitrogens with zero attached hydrogens (tertiary/aromatic N) is 3. The molecular weight excluding hydrogens is 364 g/mol. The Kier molecular flexibility index (Phi) is 7.16. The predicted octanol–water partition coefficient (Wildman–Crippen LogP) is 1.42. The van der Waals surface area contributed by atoms with Crippen molar-refractivity contribution in [3.63, 3.8) is 0 Å². The summed E-state index contributed by atoms with van der Waals surface area (Å²) in [6.45, 7) is 8.30. The van der Waals surface area contributed by atoms with Gasteiger partial charge in [0.25, 0.3) is 10.2 Å². The Hall–Kier alpha value is -0.700. The second-order valence-electron chi connectivity index (χ2n) is 8.45. The summed E-state index contributed by atoms with van der Waals surface area (Å²) >= 11 is 0. The fourth-order valence-electron chi connectivity index (χ4n) is 4.80. The fraction of sp³-hybridized carbons (Fsp3) is 0.947. The molecule has 0 aliphatic carbocycles. The third-order valence-corrected chi connectivity index (χ3v) is 8.62. The van der Waals surface area contributed by atoms with Crippen molar-refractivity contribution in [3.8, 4) is 0 Å². The number of piperidine rings is 2. The Labute approximate surface area is 164 Å². The summed E-state index contributed by atoms with van der Waals surface area (Å²) in [5.74, 6) is 0.0248. The number of nitrogens with one attached hydrogen (secondary N) is 1. The van der Waals surface area contributed by atoms with Crippen LogP contribution in [0.15, 0.2) is 0 Å². The van der Waals surface area contributed by atoms with E-state index < -0.39 is 10.2 Å². The maximum Gasteiger partial charge on any atom is 0.281 e. The second kappa shape index (κ2) is 9.20. The van der Waals surface area contributed by atoms with Gasteiger partial charge in [-0.2, -0.15) is 17.0 Å². The van der Waals surface area contributed by atoms with Gasteiger partial charge in [-0.25, -0.2) is 0 Å². The van der Waals surface area contributed by atoms with Gasteiger partial charge in [-0.1, -0.05) is 6.42 Å². The molecule has 0 saturated carbocycles. The molecule has 0 aromatic rings. The van der Waals surface area contributed by atoms with E-state index in [2.05, 4.69) is 24.1 Å². The van der Waals surface area contributed by atoms with E-state index >= 15 is 0 Å². The fourth-order valence-corrected chi connectivity index (χ4v) is 6.52. The Morgan fingerprint density at radius 3 is 2.04 bits per heavy atom. The molecule has 2 atom stereocenters. The highest BCUT2D eigenvalue weighted by molar-refractivity contribution is 7.86. The van der Waals surface area contributed by atoms with Gasteiger partial charge in [0.05, 0.1) is 0 Å². The lowest BCUT2D eigenvalue weighted by atomic mass is 9.97. The molecule has 156 valence electrons. The molecule has 8 heteroatoms. The van der Waals surface area contributed by atoms with E-state index in [0.717, 1.165) is 19.4 Å². The molecule has 3 saturated heterocycles. The highest BCUT2D eigenvalue weighted by Crippen LogP contribution is 2.24. The van der Waals surface area contributed by atoms with E-state index in [1.807, 2.05) is 0 Å². The first-order valence-electron chi connectivity index (χ1n) is 10.7. The van der Waals surface area contributed by atoms with Gasteiger partial charge >= 0.3 is 0 Å². The summed E-state index contributed by atoms with van der Waals surface area (Å²) in [7, 11) is -3.33. The van der Waals surface area contributed by atoms with Crippen LogP contribution in [0.3, 0.4) is 0 Å². The molecule has 3 fully saturated rings. The first-order valence-corrected chi connectivity index (χ1v) is 12.1. The number of carbonyl (C=O) groups excluding carboxylic acids is 1. The lowest BCUT2D eigenvalue weighted by molar-refractivity contribution is -0.126. The van der Waals surface area contributed by atoms with Gasteiger partial charge in [0, 0.05) is 57.3 Å². The monoisotopic (exact) mass is 400 g/mol. The van der Waals surface area contributed by atoms with Crippen LogP contribution in [0.2, 0.25) is 0 Å². The molecule has 1 amide bonds. The molecule has 0 radical (unpaired) electrons.